The van der Waals surface area contributed by atoms with Crippen molar-refractivity contribution in [3.63, 3.8) is 0 Å². The van der Waals surface area contributed by atoms with Gasteiger partial charge in [0, 0.05) is 18.2 Å². The summed E-state index contributed by atoms with van der Waals surface area (Å²) < 4.78 is 2.04. The van der Waals surface area contributed by atoms with E-state index in [2.05, 4.69) is 24.1 Å². The molecular formula is C28H29N3O3. The second kappa shape index (κ2) is 9.91. The molecule has 1 atom stereocenters. The van der Waals surface area contributed by atoms with Gasteiger partial charge in [-0.1, -0.05) is 56.3 Å². The molecule has 0 saturated carbocycles. The molecule has 2 N–H and O–H groups in total. The van der Waals surface area contributed by atoms with E-state index >= 15 is 0 Å². The minimum atomic E-state index is -0.938. The van der Waals surface area contributed by atoms with Crippen LogP contribution in [-0.2, 0) is 6.54 Å². The van der Waals surface area contributed by atoms with Crippen molar-refractivity contribution < 1.29 is 14.7 Å². The fourth-order valence-corrected chi connectivity index (χ4v) is 4.31. The molecule has 6 heteroatoms. The quantitative estimate of drug-likeness (QED) is 0.361. The van der Waals surface area contributed by atoms with Crippen LogP contribution in [0, 0.1) is 5.92 Å². The molecule has 0 bridgehead atoms. The largest absolute Gasteiger partial charge is 0.478 e. The van der Waals surface area contributed by atoms with Crippen LogP contribution in [0.15, 0.2) is 73.1 Å². The van der Waals surface area contributed by atoms with Gasteiger partial charge in [0.15, 0.2) is 0 Å². The Morgan fingerprint density at radius 1 is 1.00 bits per heavy atom. The molecule has 174 valence electrons. The standard InChI is InChI=1S/C28H29N3O3/c1-18(2)14-19(3)30-27(32)22-12-13-26-25(15-22)29-17-31(26)16-20-8-10-21(11-9-20)23-6-4-5-7-24(23)28(33)34/h4-13,15,17-19H,14,16H2,1-3H3,(H,30,32)(H,33,34)/t19-/m1/s1. The highest BCUT2D eigenvalue weighted by Crippen LogP contribution is 2.25. The average Bonchev–Trinajstić information content (AvgIpc) is 3.21. The van der Waals surface area contributed by atoms with E-state index in [9.17, 15) is 14.7 Å². The van der Waals surface area contributed by atoms with E-state index < -0.39 is 5.97 Å². The van der Waals surface area contributed by atoms with Crippen LogP contribution in [0.25, 0.3) is 22.2 Å². The van der Waals surface area contributed by atoms with Crippen LogP contribution >= 0.6 is 0 Å². The van der Waals surface area contributed by atoms with Crippen LogP contribution in [0.4, 0.5) is 0 Å². The molecule has 0 fully saturated rings. The molecule has 34 heavy (non-hydrogen) atoms. The summed E-state index contributed by atoms with van der Waals surface area (Å²) in [5, 5.41) is 12.5. The van der Waals surface area contributed by atoms with Gasteiger partial charge in [-0.3, -0.25) is 4.79 Å². The zero-order valence-corrected chi connectivity index (χ0v) is 19.7. The van der Waals surface area contributed by atoms with Crippen LogP contribution in [-0.4, -0.2) is 32.6 Å². The van der Waals surface area contributed by atoms with Gasteiger partial charge in [0.1, 0.15) is 0 Å². The topological polar surface area (TPSA) is 84.2 Å². The van der Waals surface area contributed by atoms with Gasteiger partial charge in [-0.05, 0) is 60.2 Å². The molecule has 0 unspecified atom stereocenters. The fourth-order valence-electron chi connectivity index (χ4n) is 4.31. The number of aromatic carboxylic acids is 1. The van der Waals surface area contributed by atoms with Crippen molar-refractivity contribution in [2.24, 2.45) is 5.92 Å². The molecule has 0 aliphatic heterocycles. The number of carbonyl (C=O) groups is 2. The second-order valence-corrected chi connectivity index (χ2v) is 9.13. The van der Waals surface area contributed by atoms with Crippen molar-refractivity contribution in [3.05, 3.63) is 89.7 Å². The third-order valence-electron chi connectivity index (χ3n) is 5.86. The molecule has 1 aromatic heterocycles. The molecule has 4 rings (SSSR count). The highest BCUT2D eigenvalue weighted by molar-refractivity contribution is 5.97. The van der Waals surface area contributed by atoms with Gasteiger partial charge < -0.3 is 15.0 Å². The summed E-state index contributed by atoms with van der Waals surface area (Å²) in [4.78, 5) is 28.6. The van der Waals surface area contributed by atoms with Crippen LogP contribution in [0.5, 0.6) is 0 Å². The number of nitrogens with one attached hydrogen (secondary N) is 1. The van der Waals surface area contributed by atoms with Crippen molar-refractivity contribution in [3.8, 4) is 11.1 Å². The molecule has 0 radical (unpaired) electrons. The van der Waals surface area contributed by atoms with Gasteiger partial charge in [0.05, 0.1) is 22.9 Å². The van der Waals surface area contributed by atoms with Crippen molar-refractivity contribution in [1.29, 1.82) is 0 Å². The number of benzene rings is 3. The summed E-state index contributed by atoms with van der Waals surface area (Å²) in [7, 11) is 0. The van der Waals surface area contributed by atoms with Crippen molar-refractivity contribution in [2.45, 2.75) is 39.8 Å². The highest BCUT2D eigenvalue weighted by atomic mass is 16.4. The maximum Gasteiger partial charge on any atom is 0.336 e. The summed E-state index contributed by atoms with van der Waals surface area (Å²) in [6, 6.07) is 20.6. The molecule has 1 heterocycles. The van der Waals surface area contributed by atoms with E-state index in [1.807, 2.05) is 66.1 Å². The fraction of sp³-hybridized carbons (Fsp3) is 0.250. The Labute approximate surface area is 199 Å². The van der Waals surface area contributed by atoms with Crippen LogP contribution in [0.3, 0.4) is 0 Å². The summed E-state index contributed by atoms with van der Waals surface area (Å²) in [5.41, 5.74) is 5.25. The Kier molecular flexibility index (Phi) is 6.77. The molecule has 0 spiro atoms. The summed E-state index contributed by atoms with van der Waals surface area (Å²) >= 11 is 0. The number of amides is 1. The predicted molar refractivity (Wildman–Crippen MR) is 134 cm³/mol. The Morgan fingerprint density at radius 3 is 2.44 bits per heavy atom. The number of carboxylic acids is 1. The SMILES string of the molecule is CC(C)C[C@@H](C)NC(=O)c1ccc2c(c1)ncn2Cc1ccc(-c2ccccc2C(=O)O)cc1. The number of carbonyl (C=O) groups excluding carboxylic acids is 1. The van der Waals surface area contributed by atoms with E-state index in [1.165, 1.54) is 0 Å². The Balaban J connectivity index is 1.50. The van der Waals surface area contributed by atoms with Crippen molar-refractivity contribution in [1.82, 2.24) is 14.9 Å². The molecule has 0 aliphatic carbocycles. The van der Waals surface area contributed by atoms with Crippen molar-refractivity contribution >= 4 is 22.9 Å². The lowest BCUT2D eigenvalue weighted by molar-refractivity contribution is 0.0697. The van der Waals surface area contributed by atoms with Crippen LogP contribution < -0.4 is 5.32 Å². The summed E-state index contributed by atoms with van der Waals surface area (Å²) in [6.07, 6.45) is 2.71. The summed E-state index contributed by atoms with van der Waals surface area (Å²) in [5.74, 6) is -0.497. The number of carboxylic acid groups (broad SMARTS) is 1. The van der Waals surface area contributed by atoms with Gasteiger partial charge >= 0.3 is 5.97 Å². The zero-order chi connectivity index (χ0) is 24.2. The Hall–Kier alpha value is -3.93. The van der Waals surface area contributed by atoms with Crippen LogP contribution in [0.2, 0.25) is 0 Å². The number of hydrogen-bond donors (Lipinski definition) is 2. The first-order valence-corrected chi connectivity index (χ1v) is 11.5. The van der Waals surface area contributed by atoms with Gasteiger partial charge in [0.25, 0.3) is 5.91 Å². The first-order chi connectivity index (χ1) is 16.3. The van der Waals surface area contributed by atoms with E-state index in [0.717, 1.165) is 28.6 Å². The lowest BCUT2D eigenvalue weighted by Crippen LogP contribution is -2.33. The van der Waals surface area contributed by atoms with E-state index in [-0.39, 0.29) is 17.5 Å². The predicted octanol–water partition coefficient (Wildman–Crippen LogP) is 5.61. The van der Waals surface area contributed by atoms with E-state index in [0.29, 0.717) is 23.6 Å². The third kappa shape index (κ3) is 5.17. The number of rotatable bonds is 8. The maximum absolute atomic E-state index is 12.6. The molecule has 4 aromatic rings. The number of fused-ring (bicyclic) bond motifs is 1. The van der Waals surface area contributed by atoms with Gasteiger partial charge in [-0.2, -0.15) is 0 Å². The Morgan fingerprint density at radius 2 is 1.74 bits per heavy atom. The van der Waals surface area contributed by atoms with Gasteiger partial charge in [0.2, 0.25) is 0 Å². The monoisotopic (exact) mass is 455 g/mol. The molecule has 0 aliphatic rings. The highest BCUT2D eigenvalue weighted by Gasteiger charge is 2.14. The van der Waals surface area contributed by atoms with Crippen LogP contribution in [0.1, 0.15) is 53.5 Å². The maximum atomic E-state index is 12.6. The lowest BCUT2D eigenvalue weighted by Gasteiger charge is -2.16. The smallest absolute Gasteiger partial charge is 0.336 e. The van der Waals surface area contributed by atoms with Gasteiger partial charge in [-0.25, -0.2) is 9.78 Å². The molecule has 1 amide bonds. The second-order valence-electron chi connectivity index (χ2n) is 9.13. The van der Waals surface area contributed by atoms with Crippen molar-refractivity contribution in [2.75, 3.05) is 0 Å². The van der Waals surface area contributed by atoms with E-state index in [1.54, 1.807) is 18.5 Å². The molecular weight excluding hydrogens is 426 g/mol. The molecule has 6 nitrogen and oxygen atoms in total. The minimum absolute atomic E-state index is 0.0816. The van der Waals surface area contributed by atoms with E-state index in [4.69, 9.17) is 0 Å². The Bertz CT molecular complexity index is 1320. The van der Waals surface area contributed by atoms with Gasteiger partial charge in [-0.15, -0.1) is 0 Å². The summed E-state index contributed by atoms with van der Waals surface area (Å²) in [6.45, 7) is 6.93. The average molecular weight is 456 g/mol. The zero-order valence-electron chi connectivity index (χ0n) is 19.7. The molecule has 0 saturated heterocycles. The first kappa shape index (κ1) is 23.2. The number of aromatic nitrogens is 2. The third-order valence-corrected chi connectivity index (χ3v) is 5.86. The molecule has 3 aromatic carbocycles. The number of hydrogen-bond acceptors (Lipinski definition) is 3. The first-order valence-electron chi connectivity index (χ1n) is 11.5. The minimum Gasteiger partial charge on any atom is -0.478 e. The number of imidazole rings is 1. The normalized spacial score (nSPS) is 12.1. The number of nitrogens with zero attached hydrogens (tertiary/aromatic N) is 2. The lowest BCUT2D eigenvalue weighted by atomic mass is 9.99.